The fourth-order valence-electron chi connectivity index (χ4n) is 4.67. The number of imidazole rings is 1. The number of nitrogens with zero attached hydrogens (tertiary/aromatic N) is 4. The maximum absolute atomic E-state index is 14.9. The number of rotatable bonds is 5. The van der Waals surface area contributed by atoms with E-state index < -0.39 is 0 Å². The van der Waals surface area contributed by atoms with E-state index in [1.165, 1.54) is 25.3 Å². The molecular formula is C24H27FN4O. The molecule has 1 aromatic heterocycles. The van der Waals surface area contributed by atoms with Gasteiger partial charge in [-0.05, 0) is 43.5 Å². The van der Waals surface area contributed by atoms with Crippen LogP contribution in [0.1, 0.15) is 41.6 Å². The van der Waals surface area contributed by atoms with Crippen LogP contribution in [0.5, 0.6) is 0 Å². The largest absolute Gasteiger partial charge is 0.337 e. The Kier molecular flexibility index (Phi) is 5.03. The second-order valence-electron chi connectivity index (χ2n) is 8.61. The summed E-state index contributed by atoms with van der Waals surface area (Å²) in [5.74, 6) is -0.455. The number of para-hydroxylation sites is 2. The van der Waals surface area contributed by atoms with Crippen LogP contribution >= 0.6 is 0 Å². The van der Waals surface area contributed by atoms with Gasteiger partial charge in [0.05, 0.1) is 23.9 Å². The molecule has 6 heteroatoms. The molecular weight excluding hydrogens is 379 g/mol. The van der Waals surface area contributed by atoms with Gasteiger partial charge in [-0.3, -0.25) is 9.69 Å². The molecule has 1 aliphatic heterocycles. The molecule has 2 aliphatic rings. The van der Waals surface area contributed by atoms with Crippen molar-refractivity contribution in [1.82, 2.24) is 19.4 Å². The predicted octanol–water partition coefficient (Wildman–Crippen LogP) is 3.92. The highest BCUT2D eigenvalue weighted by atomic mass is 19.1. The van der Waals surface area contributed by atoms with E-state index in [0.717, 1.165) is 30.5 Å². The number of aromatic nitrogens is 2. The topological polar surface area (TPSA) is 41.4 Å². The first kappa shape index (κ1) is 19.2. The summed E-state index contributed by atoms with van der Waals surface area (Å²) < 4.78 is 16.8. The number of likely N-dealkylation sites (N-methyl/N-ethyl adjacent to an activating group) is 1. The molecule has 1 aliphatic carbocycles. The Hall–Kier alpha value is -2.73. The Morgan fingerprint density at radius 3 is 2.80 bits per heavy atom. The average Bonchev–Trinajstić information content (AvgIpc) is 3.35. The van der Waals surface area contributed by atoms with Crippen molar-refractivity contribution in [3.63, 3.8) is 0 Å². The first-order valence-electron chi connectivity index (χ1n) is 10.8. The minimum Gasteiger partial charge on any atom is -0.337 e. The van der Waals surface area contributed by atoms with Gasteiger partial charge in [-0.15, -0.1) is 0 Å². The molecule has 3 aromatic rings. The Balaban J connectivity index is 1.28. The van der Waals surface area contributed by atoms with E-state index >= 15 is 0 Å². The van der Waals surface area contributed by atoms with E-state index in [1.807, 2.05) is 35.9 Å². The van der Waals surface area contributed by atoms with Crippen LogP contribution < -0.4 is 0 Å². The standard InChI is InChI=1S/C24H27FN4O/c1-27(20-11-12-28(15-20)19-5-4-6-19)24(30)17-9-10-18(21(25)13-17)14-29-16-26-22-7-2-3-8-23(22)29/h2-3,7-10,13,16,19-20H,4-6,11-12,14-15H2,1H3/t20-/m1/s1. The van der Waals surface area contributed by atoms with Gasteiger partial charge < -0.3 is 9.47 Å². The van der Waals surface area contributed by atoms with Crippen molar-refractivity contribution in [3.05, 3.63) is 65.7 Å². The van der Waals surface area contributed by atoms with Gasteiger partial charge in [0, 0.05) is 43.3 Å². The molecule has 2 heterocycles. The number of hydrogen-bond acceptors (Lipinski definition) is 3. The van der Waals surface area contributed by atoms with Gasteiger partial charge in [-0.1, -0.05) is 24.6 Å². The Labute approximate surface area is 176 Å². The second-order valence-corrected chi connectivity index (χ2v) is 8.61. The third-order valence-electron chi connectivity index (χ3n) is 6.82. The van der Waals surface area contributed by atoms with Crippen molar-refractivity contribution in [2.24, 2.45) is 0 Å². The molecule has 2 aromatic carbocycles. The quantitative estimate of drug-likeness (QED) is 0.645. The molecule has 1 atom stereocenters. The summed E-state index contributed by atoms with van der Waals surface area (Å²) in [6.07, 6.45) is 6.60. The van der Waals surface area contributed by atoms with Crippen molar-refractivity contribution in [2.45, 2.75) is 44.3 Å². The highest BCUT2D eigenvalue weighted by Crippen LogP contribution is 2.29. The summed E-state index contributed by atoms with van der Waals surface area (Å²) in [7, 11) is 1.85. The minimum absolute atomic E-state index is 0.103. The fourth-order valence-corrected chi connectivity index (χ4v) is 4.67. The van der Waals surface area contributed by atoms with Crippen molar-refractivity contribution >= 4 is 16.9 Å². The molecule has 30 heavy (non-hydrogen) atoms. The molecule has 1 saturated heterocycles. The second kappa shape index (κ2) is 7.84. The maximum atomic E-state index is 14.9. The summed E-state index contributed by atoms with van der Waals surface area (Å²) in [6.45, 7) is 2.37. The predicted molar refractivity (Wildman–Crippen MR) is 115 cm³/mol. The van der Waals surface area contributed by atoms with E-state index in [0.29, 0.717) is 23.7 Å². The van der Waals surface area contributed by atoms with Crippen molar-refractivity contribution < 1.29 is 9.18 Å². The highest BCUT2D eigenvalue weighted by Gasteiger charge is 2.34. The SMILES string of the molecule is CN(C(=O)c1ccc(Cn2cnc3ccccc32)c(F)c1)[C@@H]1CCN(C2CCC2)C1. The van der Waals surface area contributed by atoms with Crippen molar-refractivity contribution in [1.29, 1.82) is 0 Å². The molecule has 0 unspecified atom stereocenters. The van der Waals surface area contributed by atoms with Crippen LogP contribution in [0.4, 0.5) is 4.39 Å². The van der Waals surface area contributed by atoms with E-state index in [-0.39, 0.29) is 17.8 Å². The van der Waals surface area contributed by atoms with Crippen LogP contribution in [-0.4, -0.2) is 57.5 Å². The smallest absolute Gasteiger partial charge is 0.253 e. The molecule has 5 nitrogen and oxygen atoms in total. The highest BCUT2D eigenvalue weighted by molar-refractivity contribution is 5.94. The summed E-state index contributed by atoms with van der Waals surface area (Å²) >= 11 is 0. The lowest BCUT2D eigenvalue weighted by Crippen LogP contribution is -2.43. The summed E-state index contributed by atoms with van der Waals surface area (Å²) in [5, 5.41) is 0. The van der Waals surface area contributed by atoms with Gasteiger partial charge in [0.15, 0.2) is 0 Å². The number of hydrogen-bond donors (Lipinski definition) is 0. The van der Waals surface area contributed by atoms with E-state index in [4.69, 9.17) is 0 Å². The number of fused-ring (bicyclic) bond motifs is 1. The zero-order chi connectivity index (χ0) is 20.7. The van der Waals surface area contributed by atoms with Crippen LogP contribution in [0.25, 0.3) is 11.0 Å². The molecule has 0 spiro atoms. The van der Waals surface area contributed by atoms with Crippen LogP contribution in [0.15, 0.2) is 48.8 Å². The maximum Gasteiger partial charge on any atom is 0.253 e. The monoisotopic (exact) mass is 406 g/mol. The van der Waals surface area contributed by atoms with E-state index in [9.17, 15) is 9.18 Å². The average molecular weight is 407 g/mol. The lowest BCUT2D eigenvalue weighted by molar-refractivity contribution is 0.0719. The van der Waals surface area contributed by atoms with Gasteiger partial charge in [-0.25, -0.2) is 9.37 Å². The molecule has 1 amide bonds. The van der Waals surface area contributed by atoms with E-state index in [1.54, 1.807) is 23.4 Å². The first-order valence-corrected chi connectivity index (χ1v) is 10.8. The zero-order valence-electron chi connectivity index (χ0n) is 17.3. The van der Waals surface area contributed by atoms with Gasteiger partial charge in [0.25, 0.3) is 5.91 Å². The van der Waals surface area contributed by atoms with Crippen LogP contribution in [0, 0.1) is 5.82 Å². The summed E-state index contributed by atoms with van der Waals surface area (Å²) in [6, 6.07) is 13.6. The third kappa shape index (κ3) is 3.49. The molecule has 2 fully saturated rings. The Bertz CT molecular complexity index is 1070. The molecule has 5 rings (SSSR count). The fraction of sp³-hybridized carbons (Fsp3) is 0.417. The minimum atomic E-state index is -0.352. The van der Waals surface area contributed by atoms with Crippen LogP contribution in [0.3, 0.4) is 0 Å². The lowest BCUT2D eigenvalue weighted by atomic mass is 9.92. The van der Waals surface area contributed by atoms with Crippen molar-refractivity contribution in [2.75, 3.05) is 20.1 Å². The van der Waals surface area contributed by atoms with Gasteiger partial charge in [0.2, 0.25) is 0 Å². The first-order chi connectivity index (χ1) is 14.6. The van der Waals surface area contributed by atoms with Gasteiger partial charge in [-0.2, -0.15) is 0 Å². The summed E-state index contributed by atoms with van der Waals surface area (Å²) in [4.78, 5) is 21.6. The zero-order valence-corrected chi connectivity index (χ0v) is 17.3. The number of carbonyl (C=O) groups excluding carboxylic acids is 1. The molecule has 156 valence electrons. The Morgan fingerprint density at radius 1 is 1.20 bits per heavy atom. The van der Waals surface area contributed by atoms with Crippen molar-refractivity contribution in [3.8, 4) is 0 Å². The molecule has 0 bridgehead atoms. The molecule has 1 saturated carbocycles. The van der Waals surface area contributed by atoms with Crippen LogP contribution in [0.2, 0.25) is 0 Å². The van der Waals surface area contributed by atoms with Gasteiger partial charge in [0.1, 0.15) is 5.82 Å². The molecule has 0 N–H and O–H groups in total. The number of benzene rings is 2. The summed E-state index contributed by atoms with van der Waals surface area (Å²) in [5.41, 5.74) is 2.82. The number of amides is 1. The third-order valence-corrected chi connectivity index (χ3v) is 6.82. The van der Waals surface area contributed by atoms with E-state index in [2.05, 4.69) is 9.88 Å². The van der Waals surface area contributed by atoms with Crippen LogP contribution in [-0.2, 0) is 6.54 Å². The Morgan fingerprint density at radius 2 is 2.03 bits per heavy atom. The number of likely N-dealkylation sites (tertiary alicyclic amines) is 1. The van der Waals surface area contributed by atoms with Gasteiger partial charge >= 0.3 is 0 Å². The lowest BCUT2D eigenvalue weighted by Gasteiger charge is -2.35. The number of halogens is 1. The normalized spacial score (nSPS) is 19.9. The molecule has 0 radical (unpaired) electrons. The number of carbonyl (C=O) groups is 1.